The Bertz CT molecular complexity index is 402. The van der Waals surface area contributed by atoms with Gasteiger partial charge in [0.25, 0.3) is 0 Å². The second kappa shape index (κ2) is 4.87. The Balaban J connectivity index is 1.99. The highest BCUT2D eigenvalue weighted by Gasteiger charge is 2.17. The van der Waals surface area contributed by atoms with Gasteiger partial charge in [0.2, 0.25) is 0 Å². The molecule has 0 radical (unpaired) electrons. The van der Waals surface area contributed by atoms with Crippen LogP contribution in [0.2, 0.25) is 0 Å². The Morgan fingerprint density at radius 2 is 2.25 bits per heavy atom. The SMILES string of the molecule is O=C(O)c1ccc(NCC2CCC2)cc1Br. The maximum absolute atomic E-state index is 10.8. The number of carbonyl (C=O) groups is 1. The average Bonchev–Trinajstić information content (AvgIpc) is 2.14. The maximum Gasteiger partial charge on any atom is 0.336 e. The van der Waals surface area contributed by atoms with Crippen molar-refractivity contribution >= 4 is 27.6 Å². The van der Waals surface area contributed by atoms with Gasteiger partial charge in [0, 0.05) is 16.7 Å². The Morgan fingerprint density at radius 1 is 1.50 bits per heavy atom. The topological polar surface area (TPSA) is 49.3 Å². The minimum atomic E-state index is -0.905. The Kier molecular flexibility index (Phi) is 3.49. The summed E-state index contributed by atoms with van der Waals surface area (Å²) < 4.78 is 0.624. The first kappa shape index (κ1) is 11.5. The summed E-state index contributed by atoms with van der Waals surface area (Å²) in [6.45, 7) is 0.985. The molecule has 2 rings (SSSR count). The number of nitrogens with one attached hydrogen (secondary N) is 1. The van der Waals surface area contributed by atoms with Gasteiger partial charge in [0.1, 0.15) is 0 Å². The van der Waals surface area contributed by atoms with Crippen LogP contribution in [0.25, 0.3) is 0 Å². The van der Waals surface area contributed by atoms with E-state index in [1.54, 1.807) is 6.07 Å². The Hall–Kier alpha value is -1.03. The van der Waals surface area contributed by atoms with Crippen molar-refractivity contribution in [2.45, 2.75) is 19.3 Å². The van der Waals surface area contributed by atoms with Crippen LogP contribution in [0, 0.1) is 5.92 Å². The number of carboxylic acid groups (broad SMARTS) is 1. The van der Waals surface area contributed by atoms with E-state index in [-0.39, 0.29) is 0 Å². The van der Waals surface area contributed by atoms with Crippen LogP contribution in [0.15, 0.2) is 22.7 Å². The summed E-state index contributed by atoms with van der Waals surface area (Å²) in [7, 11) is 0. The summed E-state index contributed by atoms with van der Waals surface area (Å²) in [5.74, 6) is -0.115. The lowest BCUT2D eigenvalue weighted by Gasteiger charge is -2.25. The predicted molar refractivity (Wildman–Crippen MR) is 66.9 cm³/mol. The Morgan fingerprint density at radius 3 is 2.75 bits per heavy atom. The molecule has 0 aromatic heterocycles. The number of hydrogen-bond donors (Lipinski definition) is 2. The highest BCUT2D eigenvalue weighted by molar-refractivity contribution is 9.10. The number of rotatable bonds is 4. The van der Waals surface area contributed by atoms with Crippen LogP contribution < -0.4 is 5.32 Å². The summed E-state index contributed by atoms with van der Waals surface area (Å²) in [5, 5.41) is 12.2. The number of carboxylic acids is 1. The normalized spacial score (nSPS) is 15.6. The molecule has 1 fully saturated rings. The van der Waals surface area contributed by atoms with Crippen LogP contribution in [-0.2, 0) is 0 Å². The van der Waals surface area contributed by atoms with E-state index in [9.17, 15) is 4.79 Å². The minimum absolute atomic E-state index is 0.300. The second-order valence-corrected chi connectivity index (χ2v) is 5.03. The van der Waals surface area contributed by atoms with E-state index in [2.05, 4.69) is 21.2 Å². The van der Waals surface area contributed by atoms with Crippen molar-refractivity contribution in [3.05, 3.63) is 28.2 Å². The van der Waals surface area contributed by atoms with Crippen molar-refractivity contribution in [1.29, 1.82) is 0 Å². The molecule has 0 atom stereocenters. The van der Waals surface area contributed by atoms with Gasteiger partial charge in [0.15, 0.2) is 0 Å². The number of hydrogen-bond acceptors (Lipinski definition) is 2. The average molecular weight is 284 g/mol. The molecule has 86 valence electrons. The van der Waals surface area contributed by atoms with Gasteiger partial charge >= 0.3 is 5.97 Å². The lowest BCUT2D eigenvalue weighted by molar-refractivity contribution is 0.0696. The smallest absolute Gasteiger partial charge is 0.336 e. The van der Waals surface area contributed by atoms with Crippen molar-refractivity contribution in [2.24, 2.45) is 5.92 Å². The minimum Gasteiger partial charge on any atom is -0.478 e. The number of aromatic carboxylic acids is 1. The molecule has 2 N–H and O–H groups in total. The fourth-order valence-corrected chi connectivity index (χ4v) is 2.31. The summed E-state index contributed by atoms with van der Waals surface area (Å²) >= 11 is 3.26. The van der Waals surface area contributed by atoms with Gasteiger partial charge in [-0.1, -0.05) is 6.42 Å². The molecule has 0 spiro atoms. The first-order valence-electron chi connectivity index (χ1n) is 5.43. The fourth-order valence-electron chi connectivity index (χ4n) is 1.76. The summed E-state index contributed by atoms with van der Waals surface area (Å²) in [6.07, 6.45) is 3.96. The molecule has 16 heavy (non-hydrogen) atoms. The monoisotopic (exact) mass is 283 g/mol. The molecule has 1 aromatic rings. The van der Waals surface area contributed by atoms with Gasteiger partial charge in [-0.25, -0.2) is 4.79 Å². The Labute approximate surface area is 103 Å². The molecule has 0 unspecified atom stereocenters. The number of anilines is 1. The molecule has 0 amide bonds. The molecule has 1 aromatic carbocycles. The van der Waals surface area contributed by atoms with Gasteiger partial charge in [-0.3, -0.25) is 0 Å². The summed E-state index contributed by atoms with van der Waals surface area (Å²) in [6, 6.07) is 5.25. The third-order valence-corrected chi connectivity index (χ3v) is 3.68. The van der Waals surface area contributed by atoms with Gasteiger partial charge in [0.05, 0.1) is 5.56 Å². The maximum atomic E-state index is 10.8. The van der Waals surface area contributed by atoms with Crippen molar-refractivity contribution in [3.63, 3.8) is 0 Å². The van der Waals surface area contributed by atoms with Crippen LogP contribution in [0.4, 0.5) is 5.69 Å². The van der Waals surface area contributed by atoms with E-state index in [1.165, 1.54) is 19.3 Å². The molecule has 3 nitrogen and oxygen atoms in total. The largest absolute Gasteiger partial charge is 0.478 e. The fraction of sp³-hybridized carbons (Fsp3) is 0.417. The zero-order chi connectivity index (χ0) is 11.5. The van der Waals surface area contributed by atoms with Crippen LogP contribution in [0.5, 0.6) is 0 Å². The van der Waals surface area contributed by atoms with E-state index >= 15 is 0 Å². The quantitative estimate of drug-likeness (QED) is 0.891. The third kappa shape index (κ3) is 2.55. The van der Waals surface area contributed by atoms with Gasteiger partial charge in [-0.2, -0.15) is 0 Å². The molecule has 1 aliphatic rings. The molecular weight excluding hydrogens is 270 g/mol. The van der Waals surface area contributed by atoms with E-state index in [0.717, 1.165) is 18.2 Å². The van der Waals surface area contributed by atoms with E-state index < -0.39 is 5.97 Å². The molecular formula is C12H14BrNO2. The molecule has 4 heteroatoms. The van der Waals surface area contributed by atoms with Crippen LogP contribution in [-0.4, -0.2) is 17.6 Å². The zero-order valence-electron chi connectivity index (χ0n) is 8.87. The highest BCUT2D eigenvalue weighted by Crippen LogP contribution is 2.27. The van der Waals surface area contributed by atoms with Gasteiger partial charge in [-0.15, -0.1) is 0 Å². The van der Waals surface area contributed by atoms with E-state index in [1.807, 2.05) is 12.1 Å². The predicted octanol–water partition coefficient (Wildman–Crippen LogP) is 3.36. The standard InChI is InChI=1S/C12H14BrNO2/c13-11-6-9(4-5-10(11)12(15)16)14-7-8-2-1-3-8/h4-6,8,14H,1-3,7H2,(H,15,16). The lowest BCUT2D eigenvalue weighted by Crippen LogP contribution is -2.20. The molecule has 0 bridgehead atoms. The van der Waals surface area contributed by atoms with Crippen molar-refractivity contribution in [2.75, 3.05) is 11.9 Å². The van der Waals surface area contributed by atoms with Crippen LogP contribution >= 0.6 is 15.9 Å². The second-order valence-electron chi connectivity index (χ2n) is 4.18. The first-order valence-corrected chi connectivity index (χ1v) is 6.23. The van der Waals surface area contributed by atoms with Crippen LogP contribution in [0.3, 0.4) is 0 Å². The summed E-state index contributed by atoms with van der Waals surface area (Å²) in [4.78, 5) is 10.8. The van der Waals surface area contributed by atoms with Crippen LogP contribution in [0.1, 0.15) is 29.6 Å². The highest BCUT2D eigenvalue weighted by atomic mass is 79.9. The number of halogens is 1. The number of benzene rings is 1. The van der Waals surface area contributed by atoms with Gasteiger partial charge in [-0.05, 0) is 52.9 Å². The first-order chi connectivity index (χ1) is 7.66. The lowest BCUT2D eigenvalue weighted by atomic mass is 9.85. The summed E-state index contributed by atoms with van der Waals surface area (Å²) in [5.41, 5.74) is 1.28. The molecule has 1 aliphatic carbocycles. The van der Waals surface area contributed by atoms with Crippen molar-refractivity contribution in [3.8, 4) is 0 Å². The molecule has 0 aliphatic heterocycles. The van der Waals surface area contributed by atoms with E-state index in [4.69, 9.17) is 5.11 Å². The van der Waals surface area contributed by atoms with Crippen molar-refractivity contribution < 1.29 is 9.90 Å². The molecule has 0 heterocycles. The third-order valence-electron chi connectivity index (χ3n) is 3.02. The van der Waals surface area contributed by atoms with E-state index in [0.29, 0.717) is 10.0 Å². The van der Waals surface area contributed by atoms with Crippen molar-refractivity contribution in [1.82, 2.24) is 0 Å². The molecule has 1 saturated carbocycles. The zero-order valence-corrected chi connectivity index (χ0v) is 10.5. The molecule has 0 saturated heterocycles. The van der Waals surface area contributed by atoms with Gasteiger partial charge < -0.3 is 10.4 Å².